The van der Waals surface area contributed by atoms with Crippen molar-refractivity contribution >= 4 is 17.5 Å². The van der Waals surface area contributed by atoms with E-state index in [-0.39, 0.29) is 1.43 Å². The van der Waals surface area contributed by atoms with Gasteiger partial charge in [-0.15, -0.1) is 0 Å². The zero-order valence-corrected chi connectivity index (χ0v) is 17.5. The van der Waals surface area contributed by atoms with Crippen LogP contribution in [-0.2, 0) is 0 Å². The van der Waals surface area contributed by atoms with E-state index in [9.17, 15) is 0 Å². The Hall–Kier alpha value is -2.93. The molecule has 0 bridgehead atoms. The zero-order valence-electron chi connectivity index (χ0n) is 17.5. The van der Waals surface area contributed by atoms with Crippen molar-refractivity contribution in [3.8, 4) is 11.4 Å². The summed E-state index contributed by atoms with van der Waals surface area (Å²) in [5, 5.41) is 10.5. The first-order chi connectivity index (χ1) is 13.3. The molecule has 0 atom stereocenters. The molecule has 7 nitrogen and oxygen atoms in total. The molecule has 150 valence electrons. The molecule has 0 saturated carbocycles. The molecule has 2 heterocycles. The molecule has 0 unspecified atom stereocenters. The summed E-state index contributed by atoms with van der Waals surface area (Å²) in [7, 11) is 6.20. The lowest BCUT2D eigenvalue weighted by Crippen LogP contribution is -2.29. The molecule has 0 aliphatic carbocycles. The number of hydrogen-bond acceptors (Lipinski definition) is 6. The Morgan fingerprint density at radius 3 is 2.46 bits per heavy atom. The standard InChI is InChI=1S/C21H29N7.H2/c1-14-8-7-9-17(16(14)3)21-23-18(22-19-12-15(2)25-26-19)13-20(24-21)28(6)11-10-27(4)5;/h7-9,12-13H,10-11H2,1-6H3,(H2,22,23,24,25,26);1H. The molecule has 3 rings (SSSR count). The SMILES string of the molecule is Cc1cc(Nc2cc(N(C)CCN(C)C)nc(-c3cccc(C)c3C)n2)n[nH]1.[HH]. The Bertz CT molecular complexity index is 952. The summed E-state index contributed by atoms with van der Waals surface area (Å²) in [4.78, 5) is 13.9. The number of likely N-dealkylation sites (N-methyl/N-ethyl adjacent to an activating group) is 2. The molecular weight excluding hydrogens is 350 g/mol. The third-order valence-electron chi connectivity index (χ3n) is 4.79. The number of benzene rings is 1. The Labute approximate surface area is 168 Å². The summed E-state index contributed by atoms with van der Waals surface area (Å²) in [6, 6.07) is 10.2. The summed E-state index contributed by atoms with van der Waals surface area (Å²) in [6.07, 6.45) is 0. The lowest BCUT2D eigenvalue weighted by atomic mass is 10.0. The van der Waals surface area contributed by atoms with Gasteiger partial charge in [-0.25, -0.2) is 9.97 Å². The van der Waals surface area contributed by atoms with Crippen LogP contribution in [0.1, 0.15) is 18.2 Å². The van der Waals surface area contributed by atoms with E-state index in [0.29, 0.717) is 5.82 Å². The maximum atomic E-state index is 4.86. The number of anilines is 3. The Balaban J connectivity index is 0.00000300. The highest BCUT2D eigenvalue weighted by Gasteiger charge is 2.13. The fourth-order valence-electron chi connectivity index (χ4n) is 2.89. The van der Waals surface area contributed by atoms with Gasteiger partial charge < -0.3 is 15.1 Å². The van der Waals surface area contributed by atoms with E-state index in [2.05, 4.69) is 72.4 Å². The molecule has 0 amide bonds. The fourth-order valence-corrected chi connectivity index (χ4v) is 2.89. The van der Waals surface area contributed by atoms with Gasteiger partial charge in [0.15, 0.2) is 11.6 Å². The molecule has 7 heteroatoms. The van der Waals surface area contributed by atoms with Crippen LogP contribution in [0.4, 0.5) is 17.5 Å². The quantitative estimate of drug-likeness (QED) is 0.649. The minimum absolute atomic E-state index is 0. The maximum Gasteiger partial charge on any atom is 0.164 e. The van der Waals surface area contributed by atoms with Crippen molar-refractivity contribution in [2.75, 3.05) is 44.4 Å². The number of nitrogens with one attached hydrogen (secondary N) is 2. The van der Waals surface area contributed by atoms with Crippen molar-refractivity contribution in [1.29, 1.82) is 0 Å². The maximum absolute atomic E-state index is 4.86. The minimum atomic E-state index is 0. The van der Waals surface area contributed by atoms with Gasteiger partial charge in [-0.2, -0.15) is 5.10 Å². The van der Waals surface area contributed by atoms with Crippen molar-refractivity contribution in [3.63, 3.8) is 0 Å². The number of nitrogens with zero attached hydrogens (tertiary/aromatic N) is 5. The average Bonchev–Trinajstić information content (AvgIpc) is 3.06. The van der Waals surface area contributed by atoms with Gasteiger partial charge in [-0.05, 0) is 46.0 Å². The summed E-state index contributed by atoms with van der Waals surface area (Å²) in [6.45, 7) is 8.01. The fraction of sp³-hybridized carbons (Fsp3) is 0.381. The van der Waals surface area contributed by atoms with Gasteiger partial charge in [-0.3, -0.25) is 5.10 Å². The third kappa shape index (κ3) is 4.67. The molecule has 1 aromatic carbocycles. The lowest BCUT2D eigenvalue weighted by Gasteiger charge is -2.22. The van der Waals surface area contributed by atoms with Gasteiger partial charge in [-0.1, -0.05) is 18.2 Å². The van der Waals surface area contributed by atoms with Crippen molar-refractivity contribution in [3.05, 3.63) is 47.2 Å². The van der Waals surface area contributed by atoms with Crippen LogP contribution < -0.4 is 10.2 Å². The van der Waals surface area contributed by atoms with E-state index >= 15 is 0 Å². The van der Waals surface area contributed by atoms with Gasteiger partial charge in [0.1, 0.15) is 11.6 Å². The second-order valence-electron chi connectivity index (χ2n) is 7.47. The number of aromatic amines is 1. The van der Waals surface area contributed by atoms with Crippen molar-refractivity contribution in [2.24, 2.45) is 0 Å². The van der Waals surface area contributed by atoms with Crippen LogP contribution in [-0.4, -0.2) is 59.3 Å². The first-order valence-electron chi connectivity index (χ1n) is 9.44. The largest absolute Gasteiger partial charge is 0.358 e. The van der Waals surface area contributed by atoms with Crippen LogP contribution >= 0.6 is 0 Å². The van der Waals surface area contributed by atoms with E-state index in [1.807, 2.05) is 25.1 Å². The molecule has 2 aromatic heterocycles. The van der Waals surface area contributed by atoms with E-state index in [1.54, 1.807) is 0 Å². The zero-order chi connectivity index (χ0) is 20.3. The second kappa shape index (κ2) is 8.39. The summed E-state index contributed by atoms with van der Waals surface area (Å²) < 4.78 is 0. The topological polar surface area (TPSA) is 73.0 Å². The normalized spacial score (nSPS) is 11.1. The summed E-state index contributed by atoms with van der Waals surface area (Å²) >= 11 is 0. The molecule has 2 N–H and O–H groups in total. The van der Waals surface area contributed by atoms with Crippen LogP contribution in [0.15, 0.2) is 30.3 Å². The molecule has 0 saturated heterocycles. The molecule has 0 radical (unpaired) electrons. The minimum Gasteiger partial charge on any atom is -0.358 e. The van der Waals surface area contributed by atoms with Gasteiger partial charge in [0.25, 0.3) is 0 Å². The monoisotopic (exact) mass is 381 g/mol. The molecule has 0 fully saturated rings. The number of aryl methyl sites for hydroxylation is 2. The first-order valence-corrected chi connectivity index (χ1v) is 9.44. The molecule has 0 aliphatic rings. The predicted octanol–water partition coefficient (Wildman–Crippen LogP) is 3.78. The number of H-pyrrole nitrogens is 1. The molecule has 28 heavy (non-hydrogen) atoms. The van der Waals surface area contributed by atoms with Crippen LogP contribution in [0.5, 0.6) is 0 Å². The Morgan fingerprint density at radius 1 is 1.00 bits per heavy atom. The predicted molar refractivity (Wildman–Crippen MR) is 117 cm³/mol. The van der Waals surface area contributed by atoms with Gasteiger partial charge in [0.2, 0.25) is 0 Å². The highest BCUT2D eigenvalue weighted by atomic mass is 15.2. The van der Waals surface area contributed by atoms with Crippen LogP contribution in [0.25, 0.3) is 11.4 Å². The van der Waals surface area contributed by atoms with Crippen molar-refractivity contribution in [1.82, 2.24) is 25.1 Å². The first kappa shape index (κ1) is 19.8. The number of aromatic nitrogens is 4. The van der Waals surface area contributed by atoms with Crippen LogP contribution in [0.2, 0.25) is 0 Å². The third-order valence-corrected chi connectivity index (χ3v) is 4.79. The Morgan fingerprint density at radius 2 is 1.79 bits per heavy atom. The molecule has 0 spiro atoms. The van der Waals surface area contributed by atoms with Crippen molar-refractivity contribution in [2.45, 2.75) is 20.8 Å². The van der Waals surface area contributed by atoms with E-state index in [4.69, 9.17) is 9.97 Å². The molecule has 0 aliphatic heterocycles. The molecule has 3 aromatic rings. The number of rotatable bonds is 7. The lowest BCUT2D eigenvalue weighted by molar-refractivity contribution is 0.416. The summed E-state index contributed by atoms with van der Waals surface area (Å²) in [5.74, 6) is 3.06. The number of hydrogen-bond donors (Lipinski definition) is 2. The van der Waals surface area contributed by atoms with Gasteiger partial charge in [0.05, 0.1) is 0 Å². The Kier molecular flexibility index (Phi) is 5.94. The molecular formula is C21H31N7. The van der Waals surface area contributed by atoms with Gasteiger partial charge >= 0.3 is 0 Å². The average molecular weight is 382 g/mol. The van der Waals surface area contributed by atoms with Crippen LogP contribution in [0.3, 0.4) is 0 Å². The second-order valence-corrected chi connectivity index (χ2v) is 7.47. The van der Waals surface area contributed by atoms with E-state index < -0.39 is 0 Å². The van der Waals surface area contributed by atoms with Gasteiger partial charge in [0, 0.05) is 45.0 Å². The van der Waals surface area contributed by atoms with E-state index in [0.717, 1.165) is 41.8 Å². The highest BCUT2D eigenvalue weighted by Crippen LogP contribution is 2.27. The van der Waals surface area contributed by atoms with E-state index in [1.165, 1.54) is 11.1 Å². The summed E-state index contributed by atoms with van der Waals surface area (Å²) in [5.41, 5.74) is 4.46. The smallest absolute Gasteiger partial charge is 0.164 e. The van der Waals surface area contributed by atoms with Crippen LogP contribution in [0, 0.1) is 20.8 Å². The highest BCUT2D eigenvalue weighted by molar-refractivity contribution is 5.67. The van der Waals surface area contributed by atoms with Crippen molar-refractivity contribution < 1.29 is 1.43 Å².